The van der Waals surface area contributed by atoms with Crippen molar-refractivity contribution in [1.29, 1.82) is 0 Å². The molecule has 3 nitrogen and oxygen atoms in total. The van der Waals surface area contributed by atoms with Crippen molar-refractivity contribution >= 4 is 11.6 Å². The maximum Gasteiger partial charge on any atom is 0.197 e. The van der Waals surface area contributed by atoms with Gasteiger partial charge in [0, 0.05) is 18.3 Å². The third-order valence-electron chi connectivity index (χ3n) is 8.46. The molecule has 0 amide bonds. The second-order valence-electron chi connectivity index (χ2n) is 9.25. The van der Waals surface area contributed by atoms with Crippen LogP contribution in [0.3, 0.4) is 0 Å². The van der Waals surface area contributed by atoms with Crippen molar-refractivity contribution in [2.24, 2.45) is 34.5 Å². The summed E-state index contributed by atoms with van der Waals surface area (Å²) in [5, 5.41) is 10.4. The maximum atomic E-state index is 12.7. The van der Waals surface area contributed by atoms with Crippen LogP contribution in [0.5, 0.6) is 0 Å². The Kier molecular flexibility index (Phi) is 3.54. The van der Waals surface area contributed by atoms with Crippen LogP contribution in [0.2, 0.25) is 0 Å². The molecule has 0 aromatic rings. The average Bonchev–Trinajstić information content (AvgIpc) is 2.82. The highest BCUT2D eigenvalue weighted by Crippen LogP contribution is 2.66. The summed E-state index contributed by atoms with van der Waals surface area (Å²) in [4.78, 5) is 24.7. The molecule has 24 heavy (non-hydrogen) atoms. The molecule has 0 aromatic heterocycles. The molecule has 0 aromatic carbocycles. The zero-order chi connectivity index (χ0) is 17.3. The van der Waals surface area contributed by atoms with E-state index in [0.29, 0.717) is 35.9 Å². The summed E-state index contributed by atoms with van der Waals surface area (Å²) in [5.74, 6) is 2.64. The summed E-state index contributed by atoms with van der Waals surface area (Å²) in [6.45, 7) is 6.73. The first-order valence-corrected chi connectivity index (χ1v) is 9.82. The fourth-order valence-electron chi connectivity index (χ4n) is 7.13. The highest BCUT2D eigenvalue weighted by molar-refractivity contribution is 5.95. The first-order chi connectivity index (χ1) is 11.3. The van der Waals surface area contributed by atoms with Gasteiger partial charge in [0.05, 0.1) is 0 Å². The molecule has 6 atom stereocenters. The summed E-state index contributed by atoms with van der Waals surface area (Å²) < 4.78 is 0. The van der Waals surface area contributed by atoms with Gasteiger partial charge < -0.3 is 5.11 Å². The van der Waals surface area contributed by atoms with E-state index in [1.807, 2.05) is 0 Å². The van der Waals surface area contributed by atoms with Gasteiger partial charge >= 0.3 is 0 Å². The molecule has 0 heterocycles. The van der Waals surface area contributed by atoms with Gasteiger partial charge in [-0.25, -0.2) is 0 Å². The smallest absolute Gasteiger partial charge is 0.197 e. The number of aliphatic hydroxyl groups is 1. The van der Waals surface area contributed by atoms with Crippen molar-refractivity contribution in [2.75, 3.05) is 0 Å². The molecular formula is C21H30O3. The van der Waals surface area contributed by atoms with Crippen LogP contribution < -0.4 is 0 Å². The van der Waals surface area contributed by atoms with E-state index in [-0.39, 0.29) is 22.4 Å². The van der Waals surface area contributed by atoms with Gasteiger partial charge in [0.25, 0.3) is 0 Å². The largest absolute Gasteiger partial charge is 0.504 e. The average molecular weight is 330 g/mol. The molecule has 132 valence electrons. The van der Waals surface area contributed by atoms with Crippen LogP contribution >= 0.6 is 0 Å². The molecule has 0 spiro atoms. The van der Waals surface area contributed by atoms with Crippen LogP contribution in [0.1, 0.15) is 72.1 Å². The van der Waals surface area contributed by atoms with E-state index < -0.39 is 0 Å². The Morgan fingerprint density at radius 2 is 1.83 bits per heavy atom. The lowest BCUT2D eigenvalue weighted by Gasteiger charge is -2.57. The quantitative estimate of drug-likeness (QED) is 0.764. The van der Waals surface area contributed by atoms with Crippen molar-refractivity contribution in [3.05, 3.63) is 11.3 Å². The summed E-state index contributed by atoms with van der Waals surface area (Å²) >= 11 is 0. The monoisotopic (exact) mass is 330 g/mol. The lowest BCUT2D eigenvalue weighted by atomic mass is 9.46. The van der Waals surface area contributed by atoms with Crippen LogP contribution in [0.4, 0.5) is 0 Å². The van der Waals surface area contributed by atoms with Crippen LogP contribution in [0.15, 0.2) is 11.3 Å². The number of aliphatic hydroxyl groups excluding tert-OH is 1. The number of fused-ring (bicyclic) bond motifs is 5. The number of hydrogen-bond acceptors (Lipinski definition) is 3. The second kappa shape index (κ2) is 5.19. The van der Waals surface area contributed by atoms with Gasteiger partial charge in [0.1, 0.15) is 5.78 Å². The van der Waals surface area contributed by atoms with Crippen LogP contribution in [-0.2, 0) is 9.59 Å². The molecule has 4 aliphatic carbocycles. The highest BCUT2D eigenvalue weighted by Gasteiger charge is 2.62. The molecule has 4 rings (SSSR count). The fourth-order valence-corrected chi connectivity index (χ4v) is 7.13. The molecule has 4 aliphatic rings. The fraction of sp³-hybridized carbons (Fsp3) is 0.810. The summed E-state index contributed by atoms with van der Waals surface area (Å²) in [6, 6.07) is 0. The van der Waals surface area contributed by atoms with Gasteiger partial charge in [0.15, 0.2) is 11.5 Å². The lowest BCUT2D eigenvalue weighted by Crippen LogP contribution is -2.52. The Labute approximate surface area is 144 Å². The molecule has 0 bridgehead atoms. The third-order valence-corrected chi connectivity index (χ3v) is 8.46. The van der Waals surface area contributed by atoms with Gasteiger partial charge in [0.2, 0.25) is 0 Å². The molecule has 3 fully saturated rings. The minimum absolute atomic E-state index is 0.0355. The van der Waals surface area contributed by atoms with Crippen molar-refractivity contribution in [3.63, 3.8) is 0 Å². The minimum atomic E-state index is -0.119. The lowest BCUT2D eigenvalue weighted by molar-refractivity contribution is -0.133. The standard InChI is InChI=1S/C21H30O3/c1-4-12-11-17(23)21(3)9-7-14-13(18(12)21)5-6-15-19(24)16(22)8-10-20(14,15)2/h12-14,18,24H,4-11H2,1-3H3/t12-,13-,14+,18+,20-,21-/m1/s1. The maximum absolute atomic E-state index is 12.7. The van der Waals surface area contributed by atoms with Gasteiger partial charge in [-0.2, -0.15) is 0 Å². The topological polar surface area (TPSA) is 54.4 Å². The molecular weight excluding hydrogens is 300 g/mol. The van der Waals surface area contributed by atoms with Crippen molar-refractivity contribution < 1.29 is 14.7 Å². The third kappa shape index (κ3) is 1.90. The number of hydrogen-bond donors (Lipinski definition) is 1. The van der Waals surface area contributed by atoms with Crippen molar-refractivity contribution in [3.8, 4) is 0 Å². The number of allylic oxidation sites excluding steroid dienone is 1. The molecule has 3 heteroatoms. The van der Waals surface area contributed by atoms with Crippen molar-refractivity contribution in [2.45, 2.75) is 72.1 Å². The molecule has 0 saturated heterocycles. The summed E-state index contributed by atoms with van der Waals surface area (Å²) in [7, 11) is 0. The Morgan fingerprint density at radius 1 is 1.08 bits per heavy atom. The van der Waals surface area contributed by atoms with E-state index in [2.05, 4.69) is 20.8 Å². The first-order valence-electron chi connectivity index (χ1n) is 9.82. The van der Waals surface area contributed by atoms with E-state index in [0.717, 1.165) is 50.5 Å². The Bertz CT molecular complexity index is 633. The molecule has 0 unspecified atom stereocenters. The zero-order valence-corrected chi connectivity index (χ0v) is 15.2. The molecule has 0 aliphatic heterocycles. The van der Waals surface area contributed by atoms with E-state index >= 15 is 0 Å². The van der Waals surface area contributed by atoms with Gasteiger partial charge in [-0.3, -0.25) is 9.59 Å². The van der Waals surface area contributed by atoms with Crippen LogP contribution in [0.25, 0.3) is 0 Å². The van der Waals surface area contributed by atoms with Gasteiger partial charge in [-0.05, 0) is 66.8 Å². The molecule has 0 radical (unpaired) electrons. The van der Waals surface area contributed by atoms with Gasteiger partial charge in [-0.1, -0.05) is 27.2 Å². The van der Waals surface area contributed by atoms with Crippen LogP contribution in [-0.4, -0.2) is 16.7 Å². The van der Waals surface area contributed by atoms with E-state index in [1.165, 1.54) is 0 Å². The SMILES string of the molecule is CC[C@@H]1CC(=O)[C@@]2(C)CC[C@H]3[C@@H](CCC4=C(O)C(=O)CC[C@@]43C)[C@H]12. The Hall–Kier alpha value is -1.12. The molecule has 1 N–H and O–H groups in total. The number of rotatable bonds is 1. The highest BCUT2D eigenvalue weighted by atomic mass is 16.3. The second-order valence-corrected chi connectivity index (χ2v) is 9.25. The van der Waals surface area contributed by atoms with E-state index in [9.17, 15) is 14.7 Å². The predicted molar refractivity (Wildman–Crippen MR) is 92.5 cm³/mol. The number of Topliss-reactive ketones (excluding diaryl/α,β-unsaturated/α-hetero) is 2. The first kappa shape index (κ1) is 16.4. The Balaban J connectivity index is 1.75. The van der Waals surface area contributed by atoms with Crippen LogP contribution in [0, 0.1) is 34.5 Å². The van der Waals surface area contributed by atoms with Crippen molar-refractivity contribution in [1.82, 2.24) is 0 Å². The number of ketones is 2. The normalized spacial score (nSPS) is 48.1. The van der Waals surface area contributed by atoms with Gasteiger partial charge in [-0.15, -0.1) is 0 Å². The summed E-state index contributed by atoms with van der Waals surface area (Å²) in [6.07, 6.45) is 7.16. The minimum Gasteiger partial charge on any atom is -0.504 e. The number of carbonyl (C=O) groups excluding carboxylic acids is 2. The van der Waals surface area contributed by atoms with E-state index in [1.54, 1.807) is 0 Å². The Morgan fingerprint density at radius 3 is 2.54 bits per heavy atom. The number of carbonyl (C=O) groups is 2. The predicted octanol–water partition coefficient (Wildman–Crippen LogP) is 4.61. The summed E-state index contributed by atoms with van der Waals surface area (Å²) in [5.41, 5.74) is 0.874. The van der Waals surface area contributed by atoms with E-state index in [4.69, 9.17) is 0 Å². The molecule has 3 saturated carbocycles. The zero-order valence-electron chi connectivity index (χ0n) is 15.2.